The molecule has 0 atom stereocenters. The van der Waals surface area contributed by atoms with Crippen LogP contribution in [0.5, 0.6) is 0 Å². The molecule has 1 heterocycles. The zero-order valence-corrected chi connectivity index (χ0v) is 17.9. The van der Waals surface area contributed by atoms with E-state index >= 15 is 0 Å². The summed E-state index contributed by atoms with van der Waals surface area (Å²) in [4.78, 5) is 0. The van der Waals surface area contributed by atoms with Gasteiger partial charge in [0, 0.05) is 22.6 Å². The van der Waals surface area contributed by atoms with Crippen LogP contribution in [0.1, 0.15) is 72.1 Å². The van der Waals surface area contributed by atoms with Crippen molar-refractivity contribution >= 4 is 0 Å². The molecule has 1 heteroatoms. The molecule has 0 bridgehead atoms. The van der Waals surface area contributed by atoms with Crippen LogP contribution in [0.25, 0.3) is 11.3 Å². The predicted octanol–water partition coefficient (Wildman–Crippen LogP) is 6.11. The first kappa shape index (κ1) is 19.7. The lowest BCUT2D eigenvalue weighted by molar-refractivity contribution is -0.661. The first-order valence-corrected chi connectivity index (χ1v) is 9.37. The van der Waals surface area contributed by atoms with Crippen molar-refractivity contribution in [3.8, 4) is 11.3 Å². The van der Waals surface area contributed by atoms with Crippen LogP contribution in [0.15, 0.2) is 36.5 Å². The van der Waals surface area contributed by atoms with Gasteiger partial charge in [-0.05, 0) is 41.0 Å². The van der Waals surface area contributed by atoms with E-state index in [0.29, 0.717) is 0 Å². The lowest BCUT2D eigenvalue weighted by Gasteiger charge is -2.38. The molecule has 0 saturated carbocycles. The first-order chi connectivity index (χ1) is 11.2. The lowest BCUT2D eigenvalue weighted by atomic mass is 9.66. The minimum Gasteiger partial charge on any atom is -0.201 e. The summed E-state index contributed by atoms with van der Waals surface area (Å²) in [6.45, 7) is 20.7. The zero-order chi connectivity index (χ0) is 19.2. The fraction of sp³-hybridized carbons (Fsp3) is 0.542. The Morgan fingerprint density at radius 2 is 1.32 bits per heavy atom. The molecule has 2 rings (SSSR count). The predicted molar refractivity (Wildman–Crippen MR) is 109 cm³/mol. The summed E-state index contributed by atoms with van der Waals surface area (Å²) >= 11 is 0. The molecule has 2 aromatic rings. The highest BCUT2D eigenvalue weighted by Crippen LogP contribution is 2.40. The largest absolute Gasteiger partial charge is 0.212 e. The van der Waals surface area contributed by atoms with Crippen LogP contribution in [0.3, 0.4) is 0 Å². The molecule has 25 heavy (non-hydrogen) atoms. The molecule has 0 saturated heterocycles. The van der Waals surface area contributed by atoms with Gasteiger partial charge in [-0.25, -0.2) is 4.57 Å². The van der Waals surface area contributed by atoms with Gasteiger partial charge >= 0.3 is 0 Å². The molecule has 1 aromatic carbocycles. The minimum atomic E-state index is 0.117. The van der Waals surface area contributed by atoms with Gasteiger partial charge in [-0.2, -0.15) is 0 Å². The monoisotopic (exact) mass is 338 g/mol. The Labute approximate surface area is 155 Å². The van der Waals surface area contributed by atoms with E-state index in [1.807, 2.05) is 0 Å². The first-order valence-electron chi connectivity index (χ1n) is 9.37. The minimum absolute atomic E-state index is 0.117. The Kier molecular flexibility index (Phi) is 4.94. The average Bonchev–Trinajstić information content (AvgIpc) is 2.45. The molecule has 0 fully saturated rings. The molecule has 0 unspecified atom stereocenters. The van der Waals surface area contributed by atoms with Crippen LogP contribution in [0.4, 0.5) is 0 Å². The number of hydrogen-bond acceptors (Lipinski definition) is 0. The van der Waals surface area contributed by atoms with Crippen LogP contribution in [-0.4, -0.2) is 0 Å². The fourth-order valence-corrected chi connectivity index (χ4v) is 3.05. The molecular formula is C24H36N+. The van der Waals surface area contributed by atoms with E-state index in [4.69, 9.17) is 0 Å². The number of aromatic nitrogens is 1. The molecular weight excluding hydrogens is 302 g/mol. The topological polar surface area (TPSA) is 3.88 Å². The summed E-state index contributed by atoms with van der Waals surface area (Å²) in [5.41, 5.74) is 7.19. The maximum atomic E-state index is 2.36. The number of nitrogens with zero attached hydrogens (tertiary/aromatic N) is 1. The van der Waals surface area contributed by atoms with Crippen molar-refractivity contribution in [3.05, 3.63) is 53.2 Å². The maximum Gasteiger partial charge on any atom is 0.212 e. The molecule has 0 amide bonds. The van der Waals surface area contributed by atoms with Crippen LogP contribution in [0, 0.1) is 12.3 Å². The Balaban J connectivity index is 2.57. The molecule has 0 aliphatic carbocycles. The third kappa shape index (κ3) is 3.81. The SMILES string of the molecule is Cc1ccc(C(C)(C)C)cc1-c1ccc(C(C)(C)C(C)(C)C)c[n+]1C. The van der Waals surface area contributed by atoms with E-state index in [1.165, 1.54) is 27.9 Å². The molecule has 136 valence electrons. The second-order valence-corrected chi connectivity index (χ2v) is 10.1. The molecule has 0 N–H and O–H groups in total. The number of rotatable bonds is 2. The van der Waals surface area contributed by atoms with Crippen molar-refractivity contribution < 1.29 is 4.57 Å². The number of hydrogen-bond donors (Lipinski definition) is 0. The van der Waals surface area contributed by atoms with Gasteiger partial charge in [0.25, 0.3) is 0 Å². The number of aryl methyl sites for hydroxylation is 2. The van der Waals surface area contributed by atoms with Crippen molar-refractivity contribution in [1.29, 1.82) is 0 Å². The van der Waals surface area contributed by atoms with E-state index in [9.17, 15) is 0 Å². The molecule has 0 aliphatic heterocycles. The van der Waals surface area contributed by atoms with Crippen molar-refractivity contribution in [2.75, 3.05) is 0 Å². The van der Waals surface area contributed by atoms with Gasteiger partial charge in [0.15, 0.2) is 6.20 Å². The quantitative estimate of drug-likeness (QED) is 0.582. The third-order valence-corrected chi connectivity index (χ3v) is 6.11. The van der Waals surface area contributed by atoms with E-state index in [0.717, 1.165) is 0 Å². The molecule has 0 aliphatic rings. The second kappa shape index (κ2) is 6.27. The smallest absolute Gasteiger partial charge is 0.201 e. The van der Waals surface area contributed by atoms with Gasteiger partial charge < -0.3 is 0 Å². The summed E-state index contributed by atoms with van der Waals surface area (Å²) in [6.07, 6.45) is 2.31. The molecule has 1 aromatic heterocycles. The number of pyridine rings is 1. The highest BCUT2D eigenvalue weighted by Gasteiger charge is 2.36. The van der Waals surface area contributed by atoms with Crippen LogP contribution in [0.2, 0.25) is 0 Å². The number of benzene rings is 1. The Morgan fingerprint density at radius 1 is 0.760 bits per heavy atom. The highest BCUT2D eigenvalue weighted by molar-refractivity contribution is 5.62. The van der Waals surface area contributed by atoms with Gasteiger partial charge in [0.2, 0.25) is 5.69 Å². The fourth-order valence-electron chi connectivity index (χ4n) is 3.05. The Morgan fingerprint density at radius 3 is 1.80 bits per heavy atom. The Bertz CT molecular complexity index is 768. The average molecular weight is 339 g/mol. The third-order valence-electron chi connectivity index (χ3n) is 6.11. The zero-order valence-electron chi connectivity index (χ0n) is 17.9. The lowest BCUT2D eigenvalue weighted by Crippen LogP contribution is -2.38. The maximum absolute atomic E-state index is 2.36. The Hall–Kier alpha value is -1.63. The van der Waals surface area contributed by atoms with E-state index < -0.39 is 0 Å². The van der Waals surface area contributed by atoms with Crippen molar-refractivity contribution in [2.24, 2.45) is 12.5 Å². The van der Waals surface area contributed by atoms with Crippen LogP contribution in [-0.2, 0) is 17.9 Å². The summed E-state index contributed by atoms with van der Waals surface area (Å²) in [5.74, 6) is 0. The molecule has 1 nitrogen and oxygen atoms in total. The van der Waals surface area contributed by atoms with Gasteiger partial charge in [-0.3, -0.25) is 0 Å². The van der Waals surface area contributed by atoms with Gasteiger partial charge in [-0.15, -0.1) is 0 Å². The normalized spacial score (nSPS) is 13.2. The molecule has 0 radical (unpaired) electrons. The van der Waals surface area contributed by atoms with Crippen LogP contribution >= 0.6 is 0 Å². The van der Waals surface area contributed by atoms with Gasteiger partial charge in [0.05, 0.1) is 0 Å². The highest BCUT2D eigenvalue weighted by atomic mass is 14.9. The van der Waals surface area contributed by atoms with Crippen molar-refractivity contribution in [1.82, 2.24) is 0 Å². The van der Waals surface area contributed by atoms with Crippen molar-refractivity contribution in [2.45, 2.75) is 73.1 Å². The van der Waals surface area contributed by atoms with E-state index in [2.05, 4.69) is 110 Å². The molecule has 0 spiro atoms. The standard InChI is InChI=1S/C24H36N/c1-17-11-12-18(22(2,3)4)15-20(17)21-14-13-19(16-25(21)10)24(8,9)23(5,6)7/h11-16H,1-10H3/q+1. The van der Waals surface area contributed by atoms with Gasteiger partial charge in [-0.1, -0.05) is 67.5 Å². The summed E-state index contributed by atoms with van der Waals surface area (Å²) in [5, 5.41) is 0. The summed E-state index contributed by atoms with van der Waals surface area (Å²) in [7, 11) is 2.17. The van der Waals surface area contributed by atoms with E-state index in [1.54, 1.807) is 0 Å². The summed E-state index contributed by atoms with van der Waals surface area (Å²) < 4.78 is 2.29. The van der Waals surface area contributed by atoms with Gasteiger partial charge in [0.1, 0.15) is 7.05 Å². The van der Waals surface area contributed by atoms with Crippen LogP contribution < -0.4 is 4.57 Å². The van der Waals surface area contributed by atoms with E-state index in [-0.39, 0.29) is 16.2 Å². The summed E-state index contributed by atoms with van der Waals surface area (Å²) in [6, 6.07) is 11.5. The van der Waals surface area contributed by atoms with Crippen molar-refractivity contribution in [3.63, 3.8) is 0 Å². The second-order valence-electron chi connectivity index (χ2n) is 10.1.